The van der Waals surface area contributed by atoms with Crippen molar-refractivity contribution < 1.29 is 0 Å². The third-order valence-corrected chi connectivity index (χ3v) is 10.4. The number of nitrogens with zero attached hydrogens (tertiary/aromatic N) is 3. The van der Waals surface area contributed by atoms with Gasteiger partial charge in [-0.25, -0.2) is 0 Å². The second-order valence-electron chi connectivity index (χ2n) is 11.6. The third kappa shape index (κ3) is 3.54. The maximum absolute atomic E-state index is 4.93. The minimum absolute atomic E-state index is 1.05. The van der Waals surface area contributed by atoms with Crippen LogP contribution in [0.3, 0.4) is 0 Å². The molecule has 0 bridgehead atoms. The lowest BCUT2D eigenvalue weighted by Gasteiger charge is -2.11. The van der Waals surface area contributed by atoms with Crippen LogP contribution in [-0.4, -0.2) is 14.1 Å². The molecule has 0 N–H and O–H groups in total. The van der Waals surface area contributed by atoms with Crippen LogP contribution < -0.4 is 0 Å². The number of thiophene rings is 1. The fourth-order valence-corrected chi connectivity index (χ4v) is 8.45. The van der Waals surface area contributed by atoms with Gasteiger partial charge in [-0.15, -0.1) is 11.3 Å². The van der Waals surface area contributed by atoms with Crippen molar-refractivity contribution in [2.24, 2.45) is 0 Å². The Morgan fingerprint density at radius 1 is 0.444 bits per heavy atom. The summed E-state index contributed by atoms with van der Waals surface area (Å²) in [4.78, 5) is 4.93. The molecule has 0 saturated heterocycles. The average Bonchev–Trinajstić information content (AvgIpc) is 3.76. The largest absolute Gasteiger partial charge is 0.309 e. The van der Waals surface area contributed by atoms with Gasteiger partial charge in [0.2, 0.25) is 0 Å². The van der Waals surface area contributed by atoms with Gasteiger partial charge in [-0.3, -0.25) is 4.98 Å². The summed E-state index contributed by atoms with van der Waals surface area (Å²) in [5, 5.41) is 6.34. The van der Waals surface area contributed by atoms with E-state index in [0.717, 1.165) is 16.7 Å². The molecule has 0 aliphatic rings. The summed E-state index contributed by atoms with van der Waals surface area (Å²) in [6.07, 6.45) is 1.91. The predicted molar refractivity (Wildman–Crippen MR) is 191 cm³/mol. The molecular formula is C41H25N3S. The van der Waals surface area contributed by atoms with Crippen molar-refractivity contribution in [3.63, 3.8) is 0 Å². The number of para-hydroxylation sites is 2. The number of hydrogen-bond donors (Lipinski definition) is 0. The highest BCUT2D eigenvalue weighted by molar-refractivity contribution is 7.26. The molecule has 0 aliphatic heterocycles. The van der Waals surface area contributed by atoms with Gasteiger partial charge in [0.25, 0.3) is 0 Å². The highest BCUT2D eigenvalue weighted by atomic mass is 32.1. The lowest BCUT2D eigenvalue weighted by Crippen LogP contribution is -1.94. The molecule has 45 heavy (non-hydrogen) atoms. The first kappa shape index (κ1) is 24.7. The average molecular weight is 592 g/mol. The predicted octanol–water partition coefficient (Wildman–Crippen LogP) is 11.3. The fourth-order valence-electron chi connectivity index (χ4n) is 7.20. The molecule has 6 aromatic carbocycles. The number of hydrogen-bond acceptors (Lipinski definition) is 2. The van der Waals surface area contributed by atoms with E-state index in [0.29, 0.717) is 0 Å². The van der Waals surface area contributed by atoms with Crippen molar-refractivity contribution in [2.45, 2.75) is 0 Å². The zero-order valence-electron chi connectivity index (χ0n) is 24.2. The van der Waals surface area contributed by atoms with Crippen molar-refractivity contribution in [3.8, 4) is 22.5 Å². The van der Waals surface area contributed by atoms with E-state index in [-0.39, 0.29) is 0 Å². The molecule has 0 saturated carbocycles. The normalized spacial score (nSPS) is 12.0. The Morgan fingerprint density at radius 2 is 1.16 bits per heavy atom. The van der Waals surface area contributed by atoms with E-state index in [2.05, 4.69) is 149 Å². The molecule has 0 spiro atoms. The van der Waals surface area contributed by atoms with Crippen molar-refractivity contribution in [1.29, 1.82) is 0 Å². The van der Waals surface area contributed by atoms with E-state index in [4.69, 9.17) is 4.98 Å². The Balaban J connectivity index is 1.19. The van der Waals surface area contributed by atoms with Crippen LogP contribution >= 0.6 is 11.3 Å². The number of pyridine rings is 1. The SMILES string of the molecule is c1ccc(-n2c3ccccc3c3cc(-c4cccc(-n5c6cccnc6c6c7sc8ccccc8c7ccc65)c4)ccc32)cc1. The second kappa shape index (κ2) is 9.39. The highest BCUT2D eigenvalue weighted by Gasteiger charge is 2.19. The monoisotopic (exact) mass is 591 g/mol. The summed E-state index contributed by atoms with van der Waals surface area (Å²) >= 11 is 1.86. The summed E-state index contributed by atoms with van der Waals surface area (Å²) < 4.78 is 7.35. The molecule has 4 heterocycles. The van der Waals surface area contributed by atoms with Crippen molar-refractivity contribution in [2.75, 3.05) is 0 Å². The van der Waals surface area contributed by atoms with Crippen LogP contribution in [0.25, 0.3) is 86.4 Å². The Kier molecular flexibility index (Phi) is 5.16. The van der Waals surface area contributed by atoms with Crippen LogP contribution in [0.1, 0.15) is 0 Å². The molecule has 0 radical (unpaired) electrons. The quantitative estimate of drug-likeness (QED) is 0.200. The molecule has 0 aliphatic carbocycles. The lowest BCUT2D eigenvalue weighted by atomic mass is 10.0. The maximum atomic E-state index is 4.93. The van der Waals surface area contributed by atoms with E-state index >= 15 is 0 Å². The van der Waals surface area contributed by atoms with Crippen LogP contribution in [0.2, 0.25) is 0 Å². The third-order valence-electron chi connectivity index (χ3n) is 9.15. The van der Waals surface area contributed by atoms with E-state index < -0.39 is 0 Å². The summed E-state index contributed by atoms with van der Waals surface area (Å²) in [6.45, 7) is 0. The topological polar surface area (TPSA) is 22.8 Å². The molecule has 10 rings (SSSR count). The fraction of sp³-hybridized carbons (Fsp3) is 0. The first-order valence-electron chi connectivity index (χ1n) is 15.2. The van der Waals surface area contributed by atoms with Gasteiger partial charge < -0.3 is 9.13 Å². The summed E-state index contributed by atoms with van der Waals surface area (Å²) in [7, 11) is 0. The van der Waals surface area contributed by atoms with Crippen LogP contribution in [-0.2, 0) is 0 Å². The first-order valence-corrected chi connectivity index (χ1v) is 16.0. The van der Waals surface area contributed by atoms with Crippen molar-refractivity contribution in [3.05, 3.63) is 152 Å². The molecule has 4 heteroatoms. The second-order valence-corrected chi connectivity index (χ2v) is 12.7. The molecule has 0 unspecified atom stereocenters. The Morgan fingerprint density at radius 3 is 2.09 bits per heavy atom. The molecule has 3 nitrogen and oxygen atoms in total. The van der Waals surface area contributed by atoms with Gasteiger partial charge in [-0.2, -0.15) is 0 Å². The minimum atomic E-state index is 1.05. The first-order chi connectivity index (χ1) is 22.3. The summed E-state index contributed by atoms with van der Waals surface area (Å²) in [6, 6.07) is 52.6. The van der Waals surface area contributed by atoms with Gasteiger partial charge in [0.05, 0.1) is 27.6 Å². The van der Waals surface area contributed by atoms with Gasteiger partial charge in [-0.1, -0.05) is 78.9 Å². The van der Waals surface area contributed by atoms with E-state index in [1.807, 2.05) is 23.6 Å². The van der Waals surface area contributed by atoms with Gasteiger partial charge >= 0.3 is 0 Å². The van der Waals surface area contributed by atoms with E-state index in [1.54, 1.807) is 0 Å². The van der Waals surface area contributed by atoms with Gasteiger partial charge in [-0.05, 0) is 77.9 Å². The van der Waals surface area contributed by atoms with Crippen LogP contribution in [0.4, 0.5) is 0 Å². The zero-order chi connectivity index (χ0) is 29.5. The molecule has 0 fully saturated rings. The molecule has 4 aromatic heterocycles. The molecular weight excluding hydrogens is 567 g/mol. The van der Waals surface area contributed by atoms with Crippen molar-refractivity contribution >= 4 is 75.3 Å². The Labute approximate surface area is 262 Å². The Hall–Kier alpha value is -5.71. The molecule has 10 aromatic rings. The smallest absolute Gasteiger partial charge is 0.0977 e. The van der Waals surface area contributed by atoms with Gasteiger partial charge in [0, 0.05) is 53.9 Å². The van der Waals surface area contributed by atoms with Crippen LogP contribution in [0.5, 0.6) is 0 Å². The Bertz CT molecular complexity index is 2760. The van der Waals surface area contributed by atoms with E-state index in [1.165, 1.54) is 69.7 Å². The number of fused-ring (bicyclic) bond motifs is 10. The number of rotatable bonds is 3. The molecule has 0 atom stereocenters. The zero-order valence-corrected chi connectivity index (χ0v) is 25.0. The number of benzene rings is 6. The van der Waals surface area contributed by atoms with Crippen molar-refractivity contribution in [1.82, 2.24) is 14.1 Å². The van der Waals surface area contributed by atoms with Crippen LogP contribution in [0.15, 0.2) is 152 Å². The van der Waals surface area contributed by atoms with E-state index in [9.17, 15) is 0 Å². The standard InChI is InChI=1S/C41H25N3S/c1-2-11-28(12-3-1)43-34-16-6-4-14-30(34)33-25-27(19-21-35(33)43)26-10-8-13-29(24-26)44-36-22-20-32-31-15-5-7-18-38(31)45-41(32)39(36)40-37(44)17-9-23-42-40/h1-25H. The van der Waals surface area contributed by atoms with Crippen LogP contribution in [0, 0.1) is 0 Å². The lowest BCUT2D eigenvalue weighted by molar-refractivity contribution is 1.18. The van der Waals surface area contributed by atoms with Gasteiger partial charge in [0.1, 0.15) is 0 Å². The summed E-state index contributed by atoms with van der Waals surface area (Å²) in [5.41, 5.74) is 10.5. The van der Waals surface area contributed by atoms with Gasteiger partial charge in [0.15, 0.2) is 0 Å². The molecule has 0 amide bonds. The molecule has 210 valence electrons. The maximum Gasteiger partial charge on any atom is 0.0977 e. The highest BCUT2D eigenvalue weighted by Crippen LogP contribution is 2.43. The minimum Gasteiger partial charge on any atom is -0.309 e. The summed E-state index contributed by atoms with van der Waals surface area (Å²) in [5.74, 6) is 0. The number of aromatic nitrogens is 3.